The van der Waals surface area contributed by atoms with Crippen LogP contribution in [-0.2, 0) is 11.9 Å². The Bertz CT molecular complexity index is 657. The monoisotopic (exact) mass is 354 g/mol. The van der Waals surface area contributed by atoms with Gasteiger partial charge < -0.3 is 4.74 Å². The predicted octanol–water partition coefficient (Wildman–Crippen LogP) is 4.69. The fourth-order valence-electron chi connectivity index (χ4n) is 1.50. The number of nitrogens with zero attached hydrogens (tertiary/aromatic N) is 2. The van der Waals surface area contributed by atoms with Crippen molar-refractivity contribution in [2.45, 2.75) is 23.4 Å². The van der Waals surface area contributed by atoms with Gasteiger partial charge in [-0.1, -0.05) is 23.9 Å². The van der Waals surface area contributed by atoms with Gasteiger partial charge in [-0.3, -0.25) is 0 Å². The van der Waals surface area contributed by atoms with Gasteiger partial charge in [-0.05, 0) is 23.8 Å². The summed E-state index contributed by atoms with van der Waals surface area (Å²) in [7, 11) is 0. The quantitative estimate of drug-likeness (QED) is 0.453. The van der Waals surface area contributed by atoms with Crippen LogP contribution >= 0.6 is 11.8 Å². The lowest BCUT2D eigenvalue weighted by molar-refractivity contribution is -0.274. The molecule has 2 rings (SSSR count). The molecule has 0 atom stereocenters. The minimum Gasteiger partial charge on any atom is -0.406 e. The van der Waals surface area contributed by atoms with Gasteiger partial charge >= 0.3 is 12.5 Å². The Morgan fingerprint density at radius 1 is 0.957 bits per heavy atom. The van der Waals surface area contributed by atoms with Gasteiger partial charge in [0.15, 0.2) is 5.16 Å². The van der Waals surface area contributed by atoms with Gasteiger partial charge in [-0.2, -0.15) is 13.2 Å². The van der Waals surface area contributed by atoms with E-state index < -0.39 is 18.2 Å². The van der Waals surface area contributed by atoms with E-state index in [1.54, 1.807) is 0 Å². The van der Waals surface area contributed by atoms with Crippen LogP contribution in [0.5, 0.6) is 5.75 Å². The molecule has 2 aromatic rings. The van der Waals surface area contributed by atoms with Crippen LogP contribution in [0.4, 0.5) is 26.3 Å². The molecular weight excluding hydrogens is 346 g/mol. The summed E-state index contributed by atoms with van der Waals surface area (Å²) < 4.78 is 77.3. The van der Waals surface area contributed by atoms with Crippen LogP contribution < -0.4 is 4.74 Å². The van der Waals surface area contributed by atoms with E-state index in [0.717, 1.165) is 36.2 Å². The highest BCUT2D eigenvalue weighted by Gasteiger charge is 2.33. The maximum Gasteiger partial charge on any atom is 0.573 e. The zero-order valence-corrected chi connectivity index (χ0v) is 12.0. The summed E-state index contributed by atoms with van der Waals surface area (Å²) in [4.78, 5) is 7.09. The molecule has 0 amide bonds. The SMILES string of the molecule is FC(F)(F)Oc1ccc(CSc2nccc(C(F)(F)F)n2)cc1. The molecule has 0 aliphatic rings. The lowest BCUT2D eigenvalue weighted by Crippen LogP contribution is -2.16. The Morgan fingerprint density at radius 2 is 1.61 bits per heavy atom. The summed E-state index contributed by atoms with van der Waals surface area (Å²) in [5.74, 6) is -0.172. The largest absolute Gasteiger partial charge is 0.573 e. The second-order valence-electron chi connectivity index (χ2n) is 4.20. The number of thioether (sulfide) groups is 1. The van der Waals surface area contributed by atoms with Crippen LogP contribution in [0.2, 0.25) is 0 Å². The molecule has 0 aliphatic carbocycles. The maximum absolute atomic E-state index is 12.5. The van der Waals surface area contributed by atoms with Crippen LogP contribution in [0, 0.1) is 0 Å². The first-order valence-electron chi connectivity index (χ1n) is 6.01. The first-order chi connectivity index (χ1) is 10.6. The Morgan fingerprint density at radius 3 is 2.17 bits per heavy atom. The number of rotatable bonds is 4. The average molecular weight is 354 g/mol. The smallest absolute Gasteiger partial charge is 0.406 e. The molecule has 0 unspecified atom stereocenters. The lowest BCUT2D eigenvalue weighted by atomic mass is 10.2. The zero-order valence-electron chi connectivity index (χ0n) is 11.1. The Balaban J connectivity index is 1.99. The van der Waals surface area contributed by atoms with E-state index >= 15 is 0 Å². The van der Waals surface area contributed by atoms with E-state index in [1.165, 1.54) is 12.1 Å². The molecule has 0 saturated heterocycles. The van der Waals surface area contributed by atoms with Crippen molar-refractivity contribution >= 4 is 11.8 Å². The van der Waals surface area contributed by atoms with Crippen LogP contribution in [-0.4, -0.2) is 16.3 Å². The third-order valence-electron chi connectivity index (χ3n) is 2.45. The van der Waals surface area contributed by atoms with Crippen molar-refractivity contribution in [2.75, 3.05) is 0 Å². The first kappa shape index (κ1) is 17.4. The fourth-order valence-corrected chi connectivity index (χ4v) is 2.29. The number of halogens is 6. The minimum absolute atomic E-state index is 0.0737. The molecule has 1 heterocycles. The summed E-state index contributed by atoms with van der Waals surface area (Å²) in [5.41, 5.74) is -0.463. The van der Waals surface area contributed by atoms with Crippen molar-refractivity contribution in [3.05, 3.63) is 47.8 Å². The third kappa shape index (κ3) is 5.62. The van der Waals surface area contributed by atoms with Crippen LogP contribution in [0.15, 0.2) is 41.7 Å². The number of ether oxygens (including phenoxy) is 1. The molecule has 10 heteroatoms. The second-order valence-corrected chi connectivity index (χ2v) is 5.15. The highest BCUT2D eigenvalue weighted by atomic mass is 32.2. The van der Waals surface area contributed by atoms with E-state index in [9.17, 15) is 26.3 Å². The van der Waals surface area contributed by atoms with Crippen LogP contribution in [0.1, 0.15) is 11.3 Å². The lowest BCUT2D eigenvalue weighted by Gasteiger charge is -2.09. The second kappa shape index (κ2) is 6.65. The van der Waals surface area contributed by atoms with Gasteiger partial charge in [0, 0.05) is 11.9 Å². The van der Waals surface area contributed by atoms with Gasteiger partial charge in [-0.25, -0.2) is 9.97 Å². The molecule has 124 valence electrons. The van der Waals surface area contributed by atoms with Crippen molar-refractivity contribution in [2.24, 2.45) is 0 Å². The third-order valence-corrected chi connectivity index (χ3v) is 3.38. The van der Waals surface area contributed by atoms with Gasteiger partial charge in [-0.15, -0.1) is 13.2 Å². The van der Waals surface area contributed by atoms with E-state index in [1.807, 2.05) is 0 Å². The standard InChI is InChI=1S/C13H8F6N2OS/c14-12(15,16)10-5-6-20-11(21-10)23-7-8-1-3-9(4-2-8)22-13(17,18)19/h1-6H,7H2. The van der Waals surface area contributed by atoms with E-state index in [2.05, 4.69) is 14.7 Å². The van der Waals surface area contributed by atoms with E-state index in [-0.39, 0.29) is 16.7 Å². The number of benzene rings is 1. The molecule has 0 aliphatic heterocycles. The molecule has 0 saturated carbocycles. The van der Waals surface area contributed by atoms with Gasteiger partial charge in [0.2, 0.25) is 0 Å². The van der Waals surface area contributed by atoms with Crippen molar-refractivity contribution in [3.63, 3.8) is 0 Å². The molecule has 1 aromatic heterocycles. The van der Waals surface area contributed by atoms with Crippen LogP contribution in [0.3, 0.4) is 0 Å². The van der Waals surface area contributed by atoms with Crippen molar-refractivity contribution < 1.29 is 31.1 Å². The van der Waals surface area contributed by atoms with E-state index in [0.29, 0.717) is 5.56 Å². The molecule has 0 bridgehead atoms. The summed E-state index contributed by atoms with van der Waals surface area (Å²) in [6.07, 6.45) is -8.34. The number of alkyl halides is 6. The van der Waals surface area contributed by atoms with Gasteiger partial charge in [0.05, 0.1) is 0 Å². The maximum atomic E-state index is 12.5. The van der Waals surface area contributed by atoms with Gasteiger partial charge in [0.1, 0.15) is 11.4 Å². The summed E-state index contributed by atoms with van der Waals surface area (Å²) >= 11 is 0.938. The molecule has 0 radical (unpaired) electrons. The van der Waals surface area contributed by atoms with Crippen molar-refractivity contribution in [1.82, 2.24) is 9.97 Å². The number of hydrogen-bond donors (Lipinski definition) is 0. The highest BCUT2D eigenvalue weighted by molar-refractivity contribution is 7.98. The van der Waals surface area contributed by atoms with E-state index in [4.69, 9.17) is 0 Å². The highest BCUT2D eigenvalue weighted by Crippen LogP contribution is 2.29. The number of aromatic nitrogens is 2. The fraction of sp³-hybridized carbons (Fsp3) is 0.231. The molecule has 1 aromatic carbocycles. The molecule has 0 fully saturated rings. The van der Waals surface area contributed by atoms with Gasteiger partial charge in [0.25, 0.3) is 0 Å². The molecule has 23 heavy (non-hydrogen) atoms. The Kier molecular flexibility index (Phi) is 5.03. The number of hydrogen-bond acceptors (Lipinski definition) is 4. The predicted molar refractivity (Wildman–Crippen MR) is 69.7 cm³/mol. The Hall–Kier alpha value is -1.97. The first-order valence-corrected chi connectivity index (χ1v) is 7.00. The van der Waals surface area contributed by atoms with Crippen LogP contribution in [0.25, 0.3) is 0 Å². The molecule has 0 spiro atoms. The zero-order chi connectivity index (χ0) is 17.1. The molecule has 0 N–H and O–H groups in total. The van der Waals surface area contributed by atoms with Crippen molar-refractivity contribution in [1.29, 1.82) is 0 Å². The Labute approximate surface area is 130 Å². The summed E-state index contributed by atoms with van der Waals surface area (Å²) in [6.45, 7) is 0. The normalized spacial score (nSPS) is 12.3. The topological polar surface area (TPSA) is 35.0 Å². The minimum atomic E-state index is -4.78. The van der Waals surface area contributed by atoms with Crippen molar-refractivity contribution in [3.8, 4) is 5.75 Å². The molecule has 3 nitrogen and oxygen atoms in total. The summed E-state index contributed by atoms with van der Waals surface area (Å²) in [6, 6.07) is 5.75. The summed E-state index contributed by atoms with van der Waals surface area (Å²) in [5, 5.41) is -0.0737. The average Bonchev–Trinajstić information content (AvgIpc) is 2.44. The molecular formula is C13H8F6N2OS.